The summed E-state index contributed by atoms with van der Waals surface area (Å²) in [6, 6.07) is 0.527. The quantitative estimate of drug-likeness (QED) is 0.875. The van der Waals surface area contributed by atoms with Gasteiger partial charge in [-0.3, -0.25) is 0 Å². The molecule has 2 rings (SSSR count). The summed E-state index contributed by atoms with van der Waals surface area (Å²) in [7, 11) is 0. The van der Waals surface area contributed by atoms with Crippen molar-refractivity contribution in [3.63, 3.8) is 0 Å². The maximum Gasteiger partial charge on any atom is 0.0951 e. The van der Waals surface area contributed by atoms with Gasteiger partial charge >= 0.3 is 0 Å². The number of nitrogens with two attached hydrogens (primary N) is 1. The van der Waals surface area contributed by atoms with Crippen molar-refractivity contribution in [3.8, 4) is 0 Å². The lowest BCUT2D eigenvalue weighted by atomic mass is 9.95. The van der Waals surface area contributed by atoms with Gasteiger partial charge < -0.3 is 15.0 Å². The maximum absolute atomic E-state index is 6.40. The van der Waals surface area contributed by atoms with E-state index in [4.69, 9.17) is 10.5 Å². The van der Waals surface area contributed by atoms with Gasteiger partial charge in [0.15, 0.2) is 0 Å². The molecule has 1 aliphatic heterocycles. The van der Waals surface area contributed by atoms with Crippen LogP contribution in [0.5, 0.6) is 0 Å². The van der Waals surface area contributed by atoms with E-state index in [2.05, 4.69) is 30.3 Å². The normalized spacial score (nSPS) is 23.5. The highest BCUT2D eigenvalue weighted by atomic mass is 16.5. The van der Waals surface area contributed by atoms with Crippen molar-refractivity contribution in [2.24, 2.45) is 17.6 Å². The van der Waals surface area contributed by atoms with Crippen LogP contribution in [0.25, 0.3) is 0 Å². The van der Waals surface area contributed by atoms with E-state index in [1.54, 1.807) is 0 Å². The SMILES string of the molecule is CCC(C(C)C)n1cncc1C(N)C1CCOC1. The first-order chi connectivity index (χ1) is 8.65. The van der Waals surface area contributed by atoms with Crippen LogP contribution in [0.4, 0.5) is 0 Å². The standard InChI is InChI=1S/C14H25N3O/c1-4-12(10(2)3)17-9-16-7-13(17)14(15)11-5-6-18-8-11/h7,9-12,14H,4-6,8,15H2,1-3H3. The van der Waals surface area contributed by atoms with Crippen LogP contribution in [0.1, 0.15) is 51.4 Å². The molecule has 1 saturated heterocycles. The van der Waals surface area contributed by atoms with Gasteiger partial charge in [0, 0.05) is 24.8 Å². The molecule has 0 amide bonds. The number of aromatic nitrogens is 2. The first-order valence-electron chi connectivity index (χ1n) is 7.00. The summed E-state index contributed by atoms with van der Waals surface area (Å²) in [5, 5.41) is 0. The van der Waals surface area contributed by atoms with Crippen LogP contribution in [0.15, 0.2) is 12.5 Å². The molecular formula is C14H25N3O. The first kappa shape index (κ1) is 13.6. The van der Waals surface area contributed by atoms with E-state index in [9.17, 15) is 0 Å². The Morgan fingerprint density at radius 1 is 1.56 bits per heavy atom. The number of nitrogens with zero attached hydrogens (tertiary/aromatic N) is 2. The van der Waals surface area contributed by atoms with Crippen LogP contribution in [-0.4, -0.2) is 22.8 Å². The predicted octanol–water partition coefficient (Wildman–Crippen LogP) is 2.53. The van der Waals surface area contributed by atoms with Gasteiger partial charge in [-0.15, -0.1) is 0 Å². The topological polar surface area (TPSA) is 53.1 Å². The van der Waals surface area contributed by atoms with Crippen LogP contribution >= 0.6 is 0 Å². The lowest BCUT2D eigenvalue weighted by Gasteiger charge is -2.27. The van der Waals surface area contributed by atoms with Crippen LogP contribution < -0.4 is 5.73 Å². The largest absolute Gasteiger partial charge is 0.381 e. The zero-order valence-electron chi connectivity index (χ0n) is 11.7. The molecule has 0 aliphatic carbocycles. The summed E-state index contributed by atoms with van der Waals surface area (Å²) in [6.45, 7) is 8.35. The monoisotopic (exact) mass is 251 g/mol. The summed E-state index contributed by atoms with van der Waals surface area (Å²) in [6.07, 6.45) is 6.02. The molecule has 18 heavy (non-hydrogen) atoms. The molecule has 0 radical (unpaired) electrons. The van der Waals surface area contributed by atoms with Crippen LogP contribution in [-0.2, 0) is 4.74 Å². The maximum atomic E-state index is 6.40. The zero-order valence-corrected chi connectivity index (χ0v) is 11.7. The van der Waals surface area contributed by atoms with Crippen molar-refractivity contribution in [2.45, 2.75) is 45.7 Å². The average molecular weight is 251 g/mol. The summed E-state index contributed by atoms with van der Waals surface area (Å²) in [5.74, 6) is 1.03. The molecule has 1 aliphatic rings. The van der Waals surface area contributed by atoms with Gasteiger partial charge in [0.05, 0.1) is 24.7 Å². The summed E-state index contributed by atoms with van der Waals surface area (Å²) >= 11 is 0. The Kier molecular flexibility index (Phi) is 4.40. The first-order valence-corrected chi connectivity index (χ1v) is 7.00. The second-order valence-electron chi connectivity index (χ2n) is 5.59. The highest BCUT2D eigenvalue weighted by Gasteiger charge is 2.28. The molecule has 1 aromatic heterocycles. The Morgan fingerprint density at radius 2 is 2.33 bits per heavy atom. The third-order valence-corrected chi connectivity index (χ3v) is 4.06. The van der Waals surface area contributed by atoms with E-state index in [-0.39, 0.29) is 6.04 Å². The van der Waals surface area contributed by atoms with Crippen LogP contribution in [0.2, 0.25) is 0 Å². The van der Waals surface area contributed by atoms with E-state index < -0.39 is 0 Å². The third kappa shape index (κ3) is 2.59. The van der Waals surface area contributed by atoms with Crippen molar-refractivity contribution in [1.29, 1.82) is 0 Å². The van der Waals surface area contributed by atoms with E-state index in [1.807, 2.05) is 12.5 Å². The number of imidazole rings is 1. The third-order valence-electron chi connectivity index (χ3n) is 4.06. The van der Waals surface area contributed by atoms with E-state index in [1.165, 1.54) is 0 Å². The molecule has 4 nitrogen and oxygen atoms in total. The molecule has 102 valence electrons. The molecule has 3 atom stereocenters. The van der Waals surface area contributed by atoms with Gasteiger partial charge in [-0.1, -0.05) is 20.8 Å². The molecule has 4 heteroatoms. The second-order valence-corrected chi connectivity index (χ2v) is 5.59. The fourth-order valence-corrected chi connectivity index (χ4v) is 2.92. The molecule has 3 unspecified atom stereocenters. The highest BCUT2D eigenvalue weighted by molar-refractivity contribution is 5.08. The molecule has 0 spiro atoms. The molecule has 2 heterocycles. The summed E-state index contributed by atoms with van der Waals surface area (Å²) in [5.41, 5.74) is 7.56. The Bertz CT molecular complexity index is 369. The molecule has 0 aromatic carbocycles. The summed E-state index contributed by atoms with van der Waals surface area (Å²) in [4.78, 5) is 4.31. The van der Waals surface area contributed by atoms with Crippen LogP contribution in [0, 0.1) is 11.8 Å². The second kappa shape index (κ2) is 5.85. The number of rotatable bonds is 5. The Hall–Kier alpha value is -0.870. The molecule has 0 bridgehead atoms. The fraction of sp³-hybridized carbons (Fsp3) is 0.786. The van der Waals surface area contributed by atoms with Crippen molar-refractivity contribution in [3.05, 3.63) is 18.2 Å². The lowest BCUT2D eigenvalue weighted by Crippen LogP contribution is -2.26. The Labute approximate surface area is 110 Å². The molecule has 2 N–H and O–H groups in total. The van der Waals surface area contributed by atoms with Gasteiger partial charge in [0.25, 0.3) is 0 Å². The van der Waals surface area contributed by atoms with Crippen molar-refractivity contribution < 1.29 is 4.74 Å². The van der Waals surface area contributed by atoms with Gasteiger partial charge in [-0.2, -0.15) is 0 Å². The molecule has 0 saturated carbocycles. The Morgan fingerprint density at radius 3 is 2.89 bits per heavy atom. The number of hydrogen-bond donors (Lipinski definition) is 1. The van der Waals surface area contributed by atoms with Crippen molar-refractivity contribution in [2.75, 3.05) is 13.2 Å². The Balaban J connectivity index is 2.20. The van der Waals surface area contributed by atoms with Gasteiger partial charge in [-0.25, -0.2) is 4.98 Å². The van der Waals surface area contributed by atoms with E-state index in [0.717, 1.165) is 31.7 Å². The van der Waals surface area contributed by atoms with Gasteiger partial charge in [-0.05, 0) is 18.8 Å². The van der Waals surface area contributed by atoms with Gasteiger partial charge in [0.2, 0.25) is 0 Å². The minimum absolute atomic E-state index is 0.0443. The minimum atomic E-state index is 0.0443. The zero-order chi connectivity index (χ0) is 13.1. The molecule has 1 fully saturated rings. The average Bonchev–Trinajstić information content (AvgIpc) is 3.00. The highest BCUT2D eigenvalue weighted by Crippen LogP contribution is 2.30. The number of hydrogen-bond acceptors (Lipinski definition) is 3. The van der Waals surface area contributed by atoms with E-state index >= 15 is 0 Å². The van der Waals surface area contributed by atoms with Gasteiger partial charge in [0.1, 0.15) is 0 Å². The predicted molar refractivity (Wildman–Crippen MR) is 72.2 cm³/mol. The van der Waals surface area contributed by atoms with Crippen molar-refractivity contribution >= 4 is 0 Å². The fourth-order valence-electron chi connectivity index (χ4n) is 2.92. The molecular weight excluding hydrogens is 226 g/mol. The number of ether oxygens (including phenoxy) is 1. The lowest BCUT2D eigenvalue weighted by molar-refractivity contribution is 0.179. The van der Waals surface area contributed by atoms with Crippen molar-refractivity contribution in [1.82, 2.24) is 9.55 Å². The van der Waals surface area contributed by atoms with Crippen LogP contribution in [0.3, 0.4) is 0 Å². The van der Waals surface area contributed by atoms with E-state index in [0.29, 0.717) is 17.9 Å². The molecule has 1 aromatic rings. The smallest absolute Gasteiger partial charge is 0.0951 e. The summed E-state index contributed by atoms with van der Waals surface area (Å²) < 4.78 is 7.71. The minimum Gasteiger partial charge on any atom is -0.381 e.